The molecule has 0 bridgehead atoms. The molecule has 0 heterocycles. The van der Waals surface area contributed by atoms with E-state index in [9.17, 15) is 9.59 Å². The van der Waals surface area contributed by atoms with Crippen LogP contribution in [0.4, 0.5) is 0 Å². The second-order valence-electron chi connectivity index (χ2n) is 6.22. The molecule has 0 aromatic heterocycles. The number of nitrogens with one attached hydrogen (secondary N) is 2. The van der Waals surface area contributed by atoms with Gasteiger partial charge in [0.2, 0.25) is 5.75 Å². The average molecular weight is 386 g/mol. The largest absolute Gasteiger partial charge is 0.493 e. The van der Waals surface area contributed by atoms with Crippen molar-refractivity contribution in [3.05, 3.63) is 52.6 Å². The van der Waals surface area contributed by atoms with Gasteiger partial charge in [-0.3, -0.25) is 9.59 Å². The van der Waals surface area contributed by atoms with Crippen LogP contribution < -0.4 is 24.8 Å². The Balaban J connectivity index is 1.93. The number of carbonyl (C=O) groups excluding carboxylic acids is 2. The second-order valence-corrected chi connectivity index (χ2v) is 6.22. The van der Waals surface area contributed by atoms with E-state index >= 15 is 0 Å². The van der Waals surface area contributed by atoms with Gasteiger partial charge in [0.25, 0.3) is 11.8 Å². The molecule has 0 aliphatic heterocycles. The van der Waals surface area contributed by atoms with E-state index in [-0.39, 0.29) is 18.4 Å². The summed E-state index contributed by atoms with van der Waals surface area (Å²) in [7, 11) is 4.47. The van der Waals surface area contributed by atoms with Crippen molar-refractivity contribution in [1.29, 1.82) is 0 Å². The predicted octanol–water partition coefficient (Wildman–Crippen LogP) is 2.49. The van der Waals surface area contributed by atoms with Crippen LogP contribution in [0.2, 0.25) is 0 Å². The van der Waals surface area contributed by atoms with Crippen LogP contribution in [-0.2, 0) is 0 Å². The van der Waals surface area contributed by atoms with Crippen molar-refractivity contribution in [1.82, 2.24) is 10.6 Å². The third kappa shape index (κ3) is 4.94. The fourth-order valence-electron chi connectivity index (χ4n) is 2.65. The smallest absolute Gasteiger partial charge is 0.251 e. The maximum Gasteiger partial charge on any atom is 0.251 e. The molecule has 28 heavy (non-hydrogen) atoms. The van der Waals surface area contributed by atoms with E-state index in [4.69, 9.17) is 14.2 Å². The van der Waals surface area contributed by atoms with Gasteiger partial charge in [0, 0.05) is 24.2 Å². The second kappa shape index (κ2) is 9.64. The van der Waals surface area contributed by atoms with Gasteiger partial charge in [-0.15, -0.1) is 0 Å². The van der Waals surface area contributed by atoms with Gasteiger partial charge >= 0.3 is 0 Å². The van der Waals surface area contributed by atoms with Crippen LogP contribution in [-0.4, -0.2) is 46.2 Å². The Morgan fingerprint density at radius 2 is 1.29 bits per heavy atom. The molecule has 7 heteroatoms. The molecule has 0 atom stereocenters. The highest BCUT2D eigenvalue weighted by atomic mass is 16.5. The summed E-state index contributed by atoms with van der Waals surface area (Å²) in [5, 5.41) is 5.55. The topological polar surface area (TPSA) is 85.9 Å². The van der Waals surface area contributed by atoms with Crippen molar-refractivity contribution in [2.24, 2.45) is 0 Å². The van der Waals surface area contributed by atoms with Crippen molar-refractivity contribution in [3.63, 3.8) is 0 Å². The summed E-state index contributed by atoms with van der Waals surface area (Å²) < 4.78 is 15.7. The van der Waals surface area contributed by atoms with Gasteiger partial charge in [0.15, 0.2) is 11.5 Å². The summed E-state index contributed by atoms with van der Waals surface area (Å²) in [4.78, 5) is 24.6. The molecule has 0 unspecified atom stereocenters. The minimum absolute atomic E-state index is 0.176. The zero-order valence-electron chi connectivity index (χ0n) is 16.8. The zero-order valence-corrected chi connectivity index (χ0v) is 16.8. The SMILES string of the molecule is COc1cc(C(=O)NCCNC(=O)c2ccc(C)c(C)c2)cc(OC)c1OC. The van der Waals surface area contributed by atoms with Gasteiger partial charge in [-0.05, 0) is 49.2 Å². The van der Waals surface area contributed by atoms with Gasteiger partial charge < -0.3 is 24.8 Å². The van der Waals surface area contributed by atoms with Crippen LogP contribution in [0.5, 0.6) is 17.2 Å². The summed E-state index contributed by atoms with van der Waals surface area (Å²) in [6.07, 6.45) is 0. The fraction of sp³-hybridized carbons (Fsp3) is 0.333. The third-order valence-electron chi connectivity index (χ3n) is 4.39. The molecule has 0 aliphatic rings. The van der Waals surface area contributed by atoms with Crippen LogP contribution in [0.1, 0.15) is 31.8 Å². The number of amides is 2. The molecule has 2 rings (SSSR count). The summed E-state index contributed by atoms with van der Waals surface area (Å²) in [5.41, 5.74) is 3.16. The molecule has 150 valence electrons. The third-order valence-corrected chi connectivity index (χ3v) is 4.39. The van der Waals surface area contributed by atoms with E-state index in [2.05, 4.69) is 10.6 Å². The molecular weight excluding hydrogens is 360 g/mol. The molecule has 7 nitrogen and oxygen atoms in total. The molecule has 2 aromatic rings. The van der Waals surface area contributed by atoms with Gasteiger partial charge in [0.05, 0.1) is 21.3 Å². The number of carbonyl (C=O) groups is 2. The van der Waals surface area contributed by atoms with Gasteiger partial charge in [0.1, 0.15) is 0 Å². The Bertz CT molecular complexity index is 839. The number of ether oxygens (including phenoxy) is 3. The molecule has 0 saturated heterocycles. The first-order chi connectivity index (χ1) is 13.4. The maximum atomic E-state index is 12.4. The highest BCUT2D eigenvalue weighted by molar-refractivity contribution is 5.96. The van der Waals surface area contributed by atoms with Crippen LogP contribution in [0.3, 0.4) is 0 Å². The molecular formula is C21H26N2O5. The number of hydrogen-bond donors (Lipinski definition) is 2. The summed E-state index contributed by atoms with van der Waals surface area (Å²) in [6, 6.07) is 8.69. The molecule has 0 aliphatic carbocycles. The predicted molar refractivity (Wildman–Crippen MR) is 107 cm³/mol. The minimum Gasteiger partial charge on any atom is -0.493 e. The molecule has 0 saturated carbocycles. The van der Waals surface area contributed by atoms with Crippen molar-refractivity contribution in [2.75, 3.05) is 34.4 Å². The lowest BCUT2D eigenvalue weighted by Gasteiger charge is -2.14. The first-order valence-electron chi connectivity index (χ1n) is 8.85. The summed E-state index contributed by atoms with van der Waals surface area (Å²) in [5.74, 6) is 0.733. The number of hydrogen-bond acceptors (Lipinski definition) is 5. The standard InChI is InChI=1S/C21H26N2O5/c1-13-6-7-15(10-14(13)2)20(24)22-8-9-23-21(25)16-11-17(26-3)19(28-5)18(12-16)27-4/h6-7,10-12H,8-9H2,1-5H3,(H,22,24)(H,23,25). The van der Waals surface area contributed by atoms with Crippen molar-refractivity contribution >= 4 is 11.8 Å². The number of methoxy groups -OCH3 is 3. The molecule has 2 amide bonds. The Morgan fingerprint density at radius 1 is 0.750 bits per heavy atom. The van der Waals surface area contributed by atoms with Crippen molar-refractivity contribution in [2.45, 2.75) is 13.8 Å². The van der Waals surface area contributed by atoms with E-state index in [0.29, 0.717) is 34.9 Å². The molecule has 2 N–H and O–H groups in total. The lowest BCUT2D eigenvalue weighted by Crippen LogP contribution is -2.34. The minimum atomic E-state index is -0.306. The van der Waals surface area contributed by atoms with E-state index in [1.165, 1.54) is 21.3 Å². The van der Waals surface area contributed by atoms with Crippen molar-refractivity contribution in [3.8, 4) is 17.2 Å². The quantitative estimate of drug-likeness (QED) is 0.681. The fourth-order valence-corrected chi connectivity index (χ4v) is 2.65. The first kappa shape index (κ1) is 21.1. The van der Waals surface area contributed by atoms with Crippen LogP contribution in [0.15, 0.2) is 30.3 Å². The highest BCUT2D eigenvalue weighted by Gasteiger charge is 2.16. The Hall–Kier alpha value is -3.22. The average Bonchev–Trinajstić information content (AvgIpc) is 2.71. The van der Waals surface area contributed by atoms with Gasteiger partial charge in [-0.2, -0.15) is 0 Å². The highest BCUT2D eigenvalue weighted by Crippen LogP contribution is 2.38. The van der Waals surface area contributed by atoms with Gasteiger partial charge in [-0.1, -0.05) is 6.07 Å². The van der Waals surface area contributed by atoms with Gasteiger partial charge in [-0.25, -0.2) is 0 Å². The molecule has 0 fully saturated rings. The normalized spacial score (nSPS) is 10.2. The summed E-state index contributed by atoms with van der Waals surface area (Å²) in [6.45, 7) is 4.55. The molecule has 0 radical (unpaired) electrons. The Kier molecular flexibility index (Phi) is 7.26. The zero-order chi connectivity index (χ0) is 20.7. The molecule has 0 spiro atoms. The van der Waals surface area contributed by atoms with E-state index in [0.717, 1.165) is 11.1 Å². The van der Waals surface area contributed by atoms with Crippen LogP contribution in [0.25, 0.3) is 0 Å². The van der Waals surface area contributed by atoms with E-state index in [1.54, 1.807) is 18.2 Å². The lowest BCUT2D eigenvalue weighted by atomic mass is 10.1. The van der Waals surface area contributed by atoms with E-state index < -0.39 is 0 Å². The van der Waals surface area contributed by atoms with Crippen LogP contribution in [0, 0.1) is 13.8 Å². The monoisotopic (exact) mass is 386 g/mol. The number of rotatable bonds is 8. The van der Waals surface area contributed by atoms with E-state index in [1.807, 2.05) is 26.0 Å². The maximum absolute atomic E-state index is 12.4. The van der Waals surface area contributed by atoms with Crippen molar-refractivity contribution < 1.29 is 23.8 Å². The number of aryl methyl sites for hydroxylation is 2. The number of benzene rings is 2. The lowest BCUT2D eigenvalue weighted by molar-refractivity contribution is 0.0927. The van der Waals surface area contributed by atoms with Crippen LogP contribution >= 0.6 is 0 Å². The first-order valence-corrected chi connectivity index (χ1v) is 8.85. The Morgan fingerprint density at radius 3 is 1.75 bits per heavy atom. The summed E-state index contributed by atoms with van der Waals surface area (Å²) >= 11 is 0. The molecule has 2 aromatic carbocycles. The Labute approximate surface area is 165 Å².